The van der Waals surface area contributed by atoms with Crippen LogP contribution in [0.3, 0.4) is 0 Å². The van der Waals surface area contributed by atoms with Gasteiger partial charge in [0.1, 0.15) is 11.6 Å². The molecule has 1 N–H and O–H groups in total. The van der Waals surface area contributed by atoms with Crippen LogP contribution in [-0.2, 0) is 4.79 Å². The first-order valence-corrected chi connectivity index (χ1v) is 11.3. The molecule has 3 rings (SSSR count). The molecule has 176 valence electrons. The highest BCUT2D eigenvalue weighted by molar-refractivity contribution is 5.82. The fourth-order valence-electron chi connectivity index (χ4n) is 3.91. The third-order valence-corrected chi connectivity index (χ3v) is 6.01. The molecule has 5 nitrogen and oxygen atoms in total. The van der Waals surface area contributed by atoms with Crippen molar-refractivity contribution in [3.8, 4) is 17.6 Å². The summed E-state index contributed by atoms with van der Waals surface area (Å²) in [5, 5.41) is 12.0. The van der Waals surface area contributed by atoms with Crippen LogP contribution in [-0.4, -0.2) is 24.7 Å². The molecule has 0 saturated heterocycles. The molecule has 1 aliphatic carbocycles. The van der Waals surface area contributed by atoms with E-state index in [9.17, 15) is 13.6 Å². The van der Waals surface area contributed by atoms with E-state index in [0.717, 1.165) is 43.6 Å². The second kappa shape index (κ2) is 11.1. The summed E-state index contributed by atoms with van der Waals surface area (Å²) in [5.41, 5.74) is 0.0196. The van der Waals surface area contributed by atoms with Crippen LogP contribution < -0.4 is 14.8 Å². The van der Waals surface area contributed by atoms with Gasteiger partial charge in [0.05, 0.1) is 24.3 Å². The fourth-order valence-corrected chi connectivity index (χ4v) is 3.91. The van der Waals surface area contributed by atoms with Crippen molar-refractivity contribution in [2.75, 3.05) is 6.61 Å². The number of ether oxygens (including phenoxy) is 2. The van der Waals surface area contributed by atoms with Gasteiger partial charge in [-0.05, 0) is 74.9 Å². The lowest BCUT2D eigenvalue weighted by atomic mass is 9.85. The average molecular weight is 457 g/mol. The van der Waals surface area contributed by atoms with E-state index in [0.29, 0.717) is 18.4 Å². The number of nitrogens with zero attached hydrogens (tertiary/aromatic N) is 1. The number of hydrogen-bond acceptors (Lipinski definition) is 4. The number of halogens is 2. The Balaban J connectivity index is 1.37. The zero-order valence-corrected chi connectivity index (χ0v) is 19.1. The van der Waals surface area contributed by atoms with Crippen LogP contribution in [0.2, 0.25) is 0 Å². The van der Waals surface area contributed by atoms with Gasteiger partial charge >= 0.3 is 0 Å². The summed E-state index contributed by atoms with van der Waals surface area (Å²) in [7, 11) is 0. The Labute approximate surface area is 193 Å². The SMILES string of the molecule is CC(C)(CCCOc1ccc(F)cc1F)C(=O)NC1CCC(Oc2ccc(C#N)cc2)CC1. The maximum Gasteiger partial charge on any atom is 0.225 e. The van der Waals surface area contributed by atoms with Crippen molar-refractivity contribution in [3.05, 3.63) is 59.7 Å². The Hall–Kier alpha value is -3.14. The standard InChI is InChI=1S/C26H30F2N2O3/c1-26(2,14-3-15-32-24-13-6-19(27)16-23(24)28)25(31)30-20-7-11-22(12-8-20)33-21-9-4-18(17-29)5-10-21/h4-6,9-10,13,16,20,22H,3,7-8,11-12,14-15H2,1-2H3,(H,30,31). The van der Waals surface area contributed by atoms with E-state index in [2.05, 4.69) is 11.4 Å². The van der Waals surface area contributed by atoms with E-state index < -0.39 is 17.0 Å². The summed E-state index contributed by atoms with van der Waals surface area (Å²) in [6, 6.07) is 12.5. The Morgan fingerprint density at radius 2 is 1.82 bits per heavy atom. The van der Waals surface area contributed by atoms with Gasteiger partial charge in [-0.15, -0.1) is 0 Å². The molecule has 0 spiro atoms. The van der Waals surface area contributed by atoms with E-state index in [1.54, 1.807) is 12.1 Å². The van der Waals surface area contributed by atoms with Crippen LogP contribution in [0, 0.1) is 28.4 Å². The Morgan fingerprint density at radius 3 is 2.45 bits per heavy atom. The summed E-state index contributed by atoms with van der Waals surface area (Å²) in [4.78, 5) is 12.8. The van der Waals surface area contributed by atoms with Gasteiger partial charge < -0.3 is 14.8 Å². The highest BCUT2D eigenvalue weighted by atomic mass is 19.1. The van der Waals surface area contributed by atoms with Crippen LogP contribution in [0.15, 0.2) is 42.5 Å². The normalized spacial score (nSPS) is 18.3. The predicted octanol–water partition coefficient (Wildman–Crippen LogP) is 5.53. The van der Waals surface area contributed by atoms with Crippen LogP contribution >= 0.6 is 0 Å². The van der Waals surface area contributed by atoms with Gasteiger partial charge in [-0.1, -0.05) is 13.8 Å². The molecule has 33 heavy (non-hydrogen) atoms. The average Bonchev–Trinajstić information content (AvgIpc) is 2.79. The lowest BCUT2D eigenvalue weighted by Crippen LogP contribution is -2.45. The Kier molecular flexibility index (Phi) is 8.26. The number of amides is 1. The van der Waals surface area contributed by atoms with Crippen molar-refractivity contribution < 1.29 is 23.0 Å². The van der Waals surface area contributed by atoms with Crippen molar-refractivity contribution in [3.63, 3.8) is 0 Å². The second-order valence-corrected chi connectivity index (χ2v) is 9.11. The molecule has 2 aromatic carbocycles. The first-order valence-electron chi connectivity index (χ1n) is 11.3. The molecule has 0 unspecified atom stereocenters. The molecule has 1 amide bonds. The molecule has 0 bridgehead atoms. The number of carbonyl (C=O) groups is 1. The van der Waals surface area contributed by atoms with E-state index in [1.165, 1.54) is 6.07 Å². The number of nitrogens with one attached hydrogen (secondary N) is 1. The first kappa shape index (κ1) is 24.5. The maximum absolute atomic E-state index is 13.6. The van der Waals surface area contributed by atoms with Gasteiger partial charge in [0.15, 0.2) is 11.6 Å². The minimum absolute atomic E-state index is 0.00748. The molecule has 1 aliphatic rings. The maximum atomic E-state index is 13.6. The zero-order valence-electron chi connectivity index (χ0n) is 19.1. The van der Waals surface area contributed by atoms with Crippen molar-refractivity contribution in [2.45, 2.75) is 64.5 Å². The van der Waals surface area contributed by atoms with Crippen LogP contribution in [0.1, 0.15) is 57.9 Å². The van der Waals surface area contributed by atoms with Crippen molar-refractivity contribution in [1.82, 2.24) is 5.32 Å². The Bertz CT molecular complexity index is 978. The molecular formula is C26H30F2N2O3. The minimum Gasteiger partial charge on any atom is -0.491 e. The summed E-state index contributed by atoms with van der Waals surface area (Å²) < 4.78 is 38.0. The van der Waals surface area contributed by atoms with E-state index >= 15 is 0 Å². The van der Waals surface area contributed by atoms with Gasteiger partial charge in [-0.3, -0.25) is 4.79 Å². The van der Waals surface area contributed by atoms with Crippen molar-refractivity contribution >= 4 is 5.91 Å². The summed E-state index contributed by atoms with van der Waals surface area (Å²) in [6.45, 7) is 4.03. The molecular weight excluding hydrogens is 426 g/mol. The first-order chi connectivity index (χ1) is 15.8. The highest BCUT2D eigenvalue weighted by Gasteiger charge is 2.31. The number of rotatable bonds is 9. The topological polar surface area (TPSA) is 71.3 Å². The number of hydrogen-bond donors (Lipinski definition) is 1. The highest BCUT2D eigenvalue weighted by Crippen LogP contribution is 2.27. The molecule has 0 aliphatic heterocycles. The smallest absolute Gasteiger partial charge is 0.225 e. The van der Waals surface area contributed by atoms with Crippen molar-refractivity contribution in [2.24, 2.45) is 5.41 Å². The van der Waals surface area contributed by atoms with E-state index in [1.807, 2.05) is 26.0 Å². The molecule has 7 heteroatoms. The van der Waals surface area contributed by atoms with Crippen LogP contribution in [0.25, 0.3) is 0 Å². The largest absolute Gasteiger partial charge is 0.491 e. The summed E-state index contributed by atoms with van der Waals surface area (Å²) >= 11 is 0. The monoisotopic (exact) mass is 456 g/mol. The van der Waals surface area contributed by atoms with Gasteiger partial charge in [-0.25, -0.2) is 8.78 Å². The van der Waals surface area contributed by atoms with Crippen molar-refractivity contribution in [1.29, 1.82) is 5.26 Å². The van der Waals surface area contributed by atoms with Gasteiger partial charge in [0, 0.05) is 17.5 Å². The molecule has 0 radical (unpaired) electrons. The molecule has 0 aromatic heterocycles. The molecule has 1 saturated carbocycles. The van der Waals surface area contributed by atoms with E-state index in [-0.39, 0.29) is 30.4 Å². The van der Waals surface area contributed by atoms with Crippen LogP contribution in [0.5, 0.6) is 11.5 Å². The zero-order chi connectivity index (χ0) is 23.8. The number of carbonyl (C=O) groups excluding carboxylic acids is 1. The van der Waals surface area contributed by atoms with Gasteiger partial charge in [0.2, 0.25) is 5.91 Å². The third-order valence-electron chi connectivity index (χ3n) is 6.01. The number of nitriles is 1. The van der Waals surface area contributed by atoms with E-state index in [4.69, 9.17) is 14.7 Å². The van der Waals surface area contributed by atoms with Gasteiger partial charge in [-0.2, -0.15) is 5.26 Å². The predicted molar refractivity (Wildman–Crippen MR) is 121 cm³/mol. The lowest BCUT2D eigenvalue weighted by Gasteiger charge is -2.32. The Morgan fingerprint density at radius 1 is 1.12 bits per heavy atom. The molecule has 0 heterocycles. The second-order valence-electron chi connectivity index (χ2n) is 9.11. The fraction of sp³-hybridized carbons (Fsp3) is 0.462. The lowest BCUT2D eigenvalue weighted by molar-refractivity contribution is -0.130. The van der Waals surface area contributed by atoms with Gasteiger partial charge in [0.25, 0.3) is 0 Å². The summed E-state index contributed by atoms with van der Waals surface area (Å²) in [6.07, 6.45) is 4.64. The third kappa shape index (κ3) is 7.18. The summed E-state index contributed by atoms with van der Waals surface area (Å²) in [5.74, 6) is -0.616. The van der Waals surface area contributed by atoms with Crippen LogP contribution in [0.4, 0.5) is 8.78 Å². The minimum atomic E-state index is -0.731. The molecule has 2 aromatic rings. The quantitative estimate of drug-likeness (QED) is 0.504. The number of benzene rings is 2. The molecule has 1 fully saturated rings. The molecule has 0 atom stereocenters.